The number of hydrogen-bond acceptors (Lipinski definition) is 3. The van der Waals surface area contributed by atoms with Gasteiger partial charge in [0.2, 0.25) is 0 Å². The Balaban J connectivity index is 2.22. The third-order valence-corrected chi connectivity index (χ3v) is 2.97. The first kappa shape index (κ1) is 14.1. The van der Waals surface area contributed by atoms with Crippen molar-refractivity contribution >= 4 is 6.29 Å². The Morgan fingerprint density at radius 2 is 1.75 bits per heavy atom. The minimum atomic E-state index is -0.430. The summed E-state index contributed by atoms with van der Waals surface area (Å²) in [6, 6.07) is 10.0. The molecule has 104 valence electrons. The third-order valence-electron chi connectivity index (χ3n) is 2.97. The molecule has 20 heavy (non-hydrogen) atoms. The van der Waals surface area contributed by atoms with E-state index >= 15 is 0 Å². The van der Waals surface area contributed by atoms with E-state index in [1.165, 1.54) is 6.07 Å². The van der Waals surface area contributed by atoms with Crippen molar-refractivity contribution in [3.63, 3.8) is 0 Å². The first-order chi connectivity index (χ1) is 9.63. The van der Waals surface area contributed by atoms with Crippen LogP contribution < -0.4 is 9.47 Å². The van der Waals surface area contributed by atoms with E-state index in [2.05, 4.69) is 0 Å². The monoisotopic (exact) mass is 274 g/mol. The number of methoxy groups -OCH3 is 1. The summed E-state index contributed by atoms with van der Waals surface area (Å²) < 4.78 is 24.5. The molecule has 0 aliphatic rings. The molecule has 0 radical (unpaired) electrons. The zero-order valence-electron chi connectivity index (χ0n) is 11.4. The number of aldehydes is 1. The SMILES string of the molecule is COc1ccc(Oc2cc(C)c(CC=O)c(F)c2)cc1. The predicted molar refractivity (Wildman–Crippen MR) is 74.0 cm³/mol. The van der Waals surface area contributed by atoms with Crippen molar-refractivity contribution < 1.29 is 18.7 Å². The van der Waals surface area contributed by atoms with Crippen molar-refractivity contribution in [1.29, 1.82) is 0 Å². The van der Waals surface area contributed by atoms with Gasteiger partial charge in [0, 0.05) is 12.5 Å². The van der Waals surface area contributed by atoms with E-state index in [9.17, 15) is 9.18 Å². The van der Waals surface area contributed by atoms with Gasteiger partial charge in [0.25, 0.3) is 0 Å². The number of ether oxygens (including phenoxy) is 2. The van der Waals surface area contributed by atoms with Crippen molar-refractivity contribution in [2.45, 2.75) is 13.3 Å². The van der Waals surface area contributed by atoms with Crippen molar-refractivity contribution in [2.75, 3.05) is 7.11 Å². The second kappa shape index (κ2) is 6.19. The number of carbonyl (C=O) groups excluding carboxylic acids is 1. The summed E-state index contributed by atoms with van der Waals surface area (Å²) in [5.74, 6) is 1.29. The third kappa shape index (κ3) is 3.15. The second-order valence-electron chi connectivity index (χ2n) is 4.35. The van der Waals surface area contributed by atoms with Crippen LogP contribution in [0.4, 0.5) is 4.39 Å². The van der Waals surface area contributed by atoms with Gasteiger partial charge in [-0.05, 0) is 48.4 Å². The maximum Gasteiger partial charge on any atom is 0.130 e. The largest absolute Gasteiger partial charge is 0.497 e. The highest BCUT2D eigenvalue weighted by atomic mass is 19.1. The van der Waals surface area contributed by atoms with Crippen molar-refractivity contribution in [3.8, 4) is 17.2 Å². The Bertz CT molecular complexity index is 583. The van der Waals surface area contributed by atoms with Crippen LogP contribution in [0.1, 0.15) is 11.1 Å². The lowest BCUT2D eigenvalue weighted by Gasteiger charge is -2.10. The summed E-state index contributed by atoms with van der Waals surface area (Å²) in [5, 5.41) is 0. The summed E-state index contributed by atoms with van der Waals surface area (Å²) in [6.07, 6.45) is 0.760. The predicted octanol–water partition coefficient (Wildman–Crippen LogP) is 3.68. The summed E-state index contributed by atoms with van der Waals surface area (Å²) in [6.45, 7) is 1.75. The van der Waals surface area contributed by atoms with E-state index in [-0.39, 0.29) is 6.42 Å². The van der Waals surface area contributed by atoms with Gasteiger partial charge in [-0.1, -0.05) is 0 Å². The molecule has 2 aromatic rings. The van der Waals surface area contributed by atoms with E-state index in [1.807, 2.05) is 0 Å². The van der Waals surface area contributed by atoms with Crippen LogP contribution in [-0.4, -0.2) is 13.4 Å². The number of aryl methyl sites for hydroxylation is 1. The van der Waals surface area contributed by atoms with Crippen LogP contribution in [0.3, 0.4) is 0 Å². The van der Waals surface area contributed by atoms with Crippen molar-refractivity contribution in [2.24, 2.45) is 0 Å². The fourth-order valence-corrected chi connectivity index (χ4v) is 1.92. The van der Waals surface area contributed by atoms with Gasteiger partial charge in [-0.2, -0.15) is 0 Å². The molecule has 0 saturated carbocycles. The lowest BCUT2D eigenvalue weighted by Crippen LogP contribution is -1.97. The molecule has 0 amide bonds. The fraction of sp³-hybridized carbons (Fsp3) is 0.188. The molecule has 0 fully saturated rings. The smallest absolute Gasteiger partial charge is 0.130 e. The molecule has 3 nitrogen and oxygen atoms in total. The molecular weight excluding hydrogens is 259 g/mol. The lowest BCUT2D eigenvalue weighted by atomic mass is 10.1. The molecule has 0 N–H and O–H groups in total. The number of benzene rings is 2. The molecular formula is C16H15FO3. The molecule has 2 rings (SSSR count). The van der Waals surface area contributed by atoms with Gasteiger partial charge in [-0.15, -0.1) is 0 Å². The average molecular weight is 274 g/mol. The zero-order valence-corrected chi connectivity index (χ0v) is 11.4. The lowest BCUT2D eigenvalue weighted by molar-refractivity contribution is -0.107. The Morgan fingerprint density at radius 1 is 1.10 bits per heavy atom. The standard InChI is InChI=1S/C16H15FO3/c1-11-9-14(10-16(17)15(11)7-8-18)20-13-5-3-12(19-2)4-6-13/h3-6,8-10H,7H2,1-2H3. The van der Waals surface area contributed by atoms with E-state index in [4.69, 9.17) is 9.47 Å². The number of halogens is 1. The van der Waals surface area contributed by atoms with Gasteiger partial charge in [-0.25, -0.2) is 4.39 Å². The number of carbonyl (C=O) groups is 1. The van der Waals surface area contributed by atoms with Crippen LogP contribution in [0, 0.1) is 12.7 Å². The Labute approximate surface area is 117 Å². The van der Waals surface area contributed by atoms with Crippen LogP contribution >= 0.6 is 0 Å². The average Bonchev–Trinajstić information content (AvgIpc) is 2.44. The molecule has 4 heteroatoms. The molecule has 0 atom stereocenters. The topological polar surface area (TPSA) is 35.5 Å². The van der Waals surface area contributed by atoms with Gasteiger partial charge in [-0.3, -0.25) is 0 Å². The maximum atomic E-state index is 13.9. The zero-order chi connectivity index (χ0) is 14.5. The fourth-order valence-electron chi connectivity index (χ4n) is 1.92. The molecule has 0 heterocycles. The van der Waals surface area contributed by atoms with Crippen molar-refractivity contribution in [1.82, 2.24) is 0 Å². The van der Waals surface area contributed by atoms with Crippen molar-refractivity contribution in [3.05, 3.63) is 53.3 Å². The molecule has 0 saturated heterocycles. The number of rotatable bonds is 5. The molecule has 0 bridgehead atoms. The summed E-state index contributed by atoms with van der Waals surface area (Å²) in [5.41, 5.74) is 1.10. The quantitative estimate of drug-likeness (QED) is 0.780. The molecule has 0 aliphatic carbocycles. The first-order valence-corrected chi connectivity index (χ1v) is 6.18. The minimum absolute atomic E-state index is 0.0699. The molecule has 0 aromatic heterocycles. The summed E-state index contributed by atoms with van der Waals surface area (Å²) in [7, 11) is 1.58. The maximum absolute atomic E-state index is 13.9. The van der Waals surface area contributed by atoms with Crippen LogP contribution in [0.25, 0.3) is 0 Å². The number of hydrogen-bond donors (Lipinski definition) is 0. The van der Waals surface area contributed by atoms with Gasteiger partial charge >= 0.3 is 0 Å². The molecule has 0 unspecified atom stereocenters. The Morgan fingerprint density at radius 3 is 2.30 bits per heavy atom. The Hall–Kier alpha value is -2.36. The highest BCUT2D eigenvalue weighted by Gasteiger charge is 2.09. The van der Waals surface area contributed by atoms with Gasteiger partial charge in [0.1, 0.15) is 29.4 Å². The van der Waals surface area contributed by atoms with Gasteiger partial charge < -0.3 is 14.3 Å². The molecule has 0 aliphatic heterocycles. The molecule has 0 spiro atoms. The van der Waals surface area contributed by atoms with E-state index in [1.54, 1.807) is 44.4 Å². The highest BCUT2D eigenvalue weighted by Crippen LogP contribution is 2.27. The van der Waals surface area contributed by atoms with Crippen LogP contribution in [0.5, 0.6) is 17.2 Å². The van der Waals surface area contributed by atoms with E-state index in [0.717, 1.165) is 5.75 Å². The second-order valence-corrected chi connectivity index (χ2v) is 4.35. The first-order valence-electron chi connectivity index (χ1n) is 6.18. The van der Waals surface area contributed by atoms with E-state index in [0.29, 0.717) is 28.9 Å². The van der Waals surface area contributed by atoms with Gasteiger partial charge in [0.05, 0.1) is 7.11 Å². The van der Waals surface area contributed by atoms with E-state index < -0.39 is 5.82 Å². The highest BCUT2D eigenvalue weighted by molar-refractivity contribution is 5.57. The minimum Gasteiger partial charge on any atom is -0.497 e. The summed E-state index contributed by atoms with van der Waals surface area (Å²) in [4.78, 5) is 10.5. The normalized spacial score (nSPS) is 10.2. The Kier molecular flexibility index (Phi) is 4.35. The van der Waals surface area contributed by atoms with Crippen LogP contribution in [0.2, 0.25) is 0 Å². The van der Waals surface area contributed by atoms with Crippen LogP contribution in [0.15, 0.2) is 36.4 Å². The van der Waals surface area contributed by atoms with Crippen LogP contribution in [-0.2, 0) is 11.2 Å². The summed E-state index contributed by atoms with van der Waals surface area (Å²) >= 11 is 0. The van der Waals surface area contributed by atoms with Gasteiger partial charge in [0.15, 0.2) is 0 Å². The molecule has 2 aromatic carbocycles.